The summed E-state index contributed by atoms with van der Waals surface area (Å²) in [7, 11) is 2.01. The summed E-state index contributed by atoms with van der Waals surface area (Å²) in [6, 6.07) is 1.93. The van der Waals surface area contributed by atoms with Crippen molar-refractivity contribution >= 4 is 5.95 Å². The predicted molar refractivity (Wildman–Crippen MR) is 115 cm³/mol. The van der Waals surface area contributed by atoms with Crippen molar-refractivity contribution in [2.75, 3.05) is 11.9 Å². The van der Waals surface area contributed by atoms with Crippen LogP contribution < -0.4 is 10.2 Å². The van der Waals surface area contributed by atoms with Crippen molar-refractivity contribution < 1.29 is 5.11 Å². The molecule has 0 aromatic carbocycles. The average Bonchev–Trinajstić information content (AvgIpc) is 3.20. The van der Waals surface area contributed by atoms with Gasteiger partial charge in [0, 0.05) is 47.7 Å². The van der Waals surface area contributed by atoms with E-state index in [-0.39, 0.29) is 16.8 Å². The molecule has 1 aliphatic rings. The number of pyridine rings is 1. The molecule has 3 aromatic heterocycles. The molecule has 0 unspecified atom stereocenters. The number of nitrogens with one attached hydrogen (secondary N) is 2. The topological polar surface area (TPSA) is 116 Å². The van der Waals surface area contributed by atoms with Crippen molar-refractivity contribution in [3.8, 4) is 28.3 Å². The SMILES string of the molecule is CN(c1ncc(-c2ncc(-c3cn[nH]c3)cc2O)nn1)C1CC(C)(C)NC(C)(C)C1. The molecule has 30 heavy (non-hydrogen) atoms. The first-order valence-corrected chi connectivity index (χ1v) is 10.0. The molecule has 0 radical (unpaired) electrons. The van der Waals surface area contributed by atoms with Crippen LogP contribution >= 0.6 is 0 Å². The van der Waals surface area contributed by atoms with Gasteiger partial charge in [0.2, 0.25) is 5.95 Å². The van der Waals surface area contributed by atoms with Gasteiger partial charge in [-0.2, -0.15) is 5.10 Å². The van der Waals surface area contributed by atoms with Crippen LogP contribution in [0.3, 0.4) is 0 Å². The van der Waals surface area contributed by atoms with E-state index in [9.17, 15) is 5.11 Å². The maximum atomic E-state index is 10.4. The minimum absolute atomic E-state index is 0.0211. The van der Waals surface area contributed by atoms with Gasteiger partial charge < -0.3 is 15.3 Å². The summed E-state index contributed by atoms with van der Waals surface area (Å²) in [5.74, 6) is 0.583. The van der Waals surface area contributed by atoms with Crippen molar-refractivity contribution in [1.82, 2.24) is 35.7 Å². The summed E-state index contributed by atoms with van der Waals surface area (Å²) in [5, 5.41) is 29.4. The molecular weight excluding hydrogens is 380 g/mol. The van der Waals surface area contributed by atoms with Crippen molar-refractivity contribution in [3.63, 3.8) is 0 Å². The minimum Gasteiger partial charge on any atom is -0.506 e. The van der Waals surface area contributed by atoms with E-state index in [0.29, 0.717) is 23.4 Å². The molecule has 0 bridgehead atoms. The second-order valence-corrected chi connectivity index (χ2v) is 9.29. The summed E-state index contributed by atoms with van der Waals surface area (Å²) < 4.78 is 0. The summed E-state index contributed by atoms with van der Waals surface area (Å²) in [6.45, 7) is 8.88. The fraction of sp³-hybridized carbons (Fsp3) is 0.476. The van der Waals surface area contributed by atoms with E-state index in [1.54, 1.807) is 30.9 Å². The Morgan fingerprint density at radius 1 is 1.00 bits per heavy atom. The molecule has 158 valence electrons. The number of aromatic amines is 1. The quantitative estimate of drug-likeness (QED) is 0.603. The average molecular weight is 409 g/mol. The number of hydrogen-bond acceptors (Lipinski definition) is 8. The number of anilines is 1. The second-order valence-electron chi connectivity index (χ2n) is 9.29. The maximum absolute atomic E-state index is 10.4. The molecule has 0 amide bonds. The second kappa shape index (κ2) is 7.32. The molecule has 9 nitrogen and oxygen atoms in total. The van der Waals surface area contributed by atoms with Gasteiger partial charge in [-0.3, -0.25) is 5.10 Å². The highest BCUT2D eigenvalue weighted by molar-refractivity contribution is 5.69. The third kappa shape index (κ3) is 4.11. The van der Waals surface area contributed by atoms with Crippen LogP contribution in [-0.4, -0.2) is 59.6 Å². The van der Waals surface area contributed by atoms with Crippen LogP contribution in [-0.2, 0) is 0 Å². The van der Waals surface area contributed by atoms with Gasteiger partial charge in [-0.1, -0.05) is 0 Å². The molecule has 0 atom stereocenters. The molecular formula is C21H28N8O. The van der Waals surface area contributed by atoms with E-state index < -0.39 is 0 Å². The highest BCUT2D eigenvalue weighted by atomic mass is 16.3. The zero-order chi connectivity index (χ0) is 21.5. The predicted octanol–water partition coefficient (Wildman–Crippen LogP) is 2.77. The summed E-state index contributed by atoms with van der Waals surface area (Å²) in [6.07, 6.45) is 8.65. The Kier molecular flexibility index (Phi) is 4.93. The number of aromatic nitrogens is 6. The molecule has 1 fully saturated rings. The summed E-state index contributed by atoms with van der Waals surface area (Å²) in [4.78, 5) is 10.9. The first-order valence-electron chi connectivity index (χ1n) is 10.0. The largest absolute Gasteiger partial charge is 0.506 e. The Morgan fingerprint density at radius 2 is 1.73 bits per heavy atom. The number of nitrogens with zero attached hydrogens (tertiary/aromatic N) is 6. The number of rotatable bonds is 4. The monoisotopic (exact) mass is 408 g/mol. The number of hydrogen-bond donors (Lipinski definition) is 3. The van der Waals surface area contributed by atoms with Crippen LogP contribution in [0.5, 0.6) is 5.75 Å². The van der Waals surface area contributed by atoms with Crippen molar-refractivity contribution in [1.29, 1.82) is 0 Å². The van der Waals surface area contributed by atoms with E-state index in [1.807, 2.05) is 7.05 Å². The first-order chi connectivity index (χ1) is 14.1. The van der Waals surface area contributed by atoms with Crippen LogP contribution in [0.25, 0.3) is 22.5 Å². The molecule has 9 heteroatoms. The fourth-order valence-corrected chi connectivity index (χ4v) is 4.46. The van der Waals surface area contributed by atoms with Gasteiger partial charge in [-0.15, -0.1) is 10.2 Å². The molecule has 3 N–H and O–H groups in total. The van der Waals surface area contributed by atoms with Crippen LogP contribution in [0, 0.1) is 0 Å². The fourth-order valence-electron chi connectivity index (χ4n) is 4.46. The van der Waals surface area contributed by atoms with Crippen molar-refractivity contribution in [2.24, 2.45) is 0 Å². The Hall–Kier alpha value is -3.07. The van der Waals surface area contributed by atoms with Gasteiger partial charge in [0.05, 0.1) is 12.4 Å². The number of piperidine rings is 1. The molecule has 1 saturated heterocycles. The highest BCUT2D eigenvalue weighted by Crippen LogP contribution is 2.33. The van der Waals surface area contributed by atoms with E-state index in [2.05, 4.69) is 68.3 Å². The van der Waals surface area contributed by atoms with Crippen molar-refractivity contribution in [3.05, 3.63) is 30.9 Å². The zero-order valence-corrected chi connectivity index (χ0v) is 18.0. The lowest BCUT2D eigenvalue weighted by atomic mass is 9.79. The van der Waals surface area contributed by atoms with E-state index in [1.165, 1.54) is 0 Å². The minimum atomic E-state index is 0.0211. The van der Waals surface area contributed by atoms with E-state index in [0.717, 1.165) is 24.0 Å². The van der Waals surface area contributed by atoms with Gasteiger partial charge >= 0.3 is 0 Å². The van der Waals surface area contributed by atoms with Crippen LogP contribution in [0.2, 0.25) is 0 Å². The lowest BCUT2D eigenvalue weighted by Gasteiger charge is -2.48. The van der Waals surface area contributed by atoms with Gasteiger partial charge in [-0.25, -0.2) is 9.97 Å². The zero-order valence-electron chi connectivity index (χ0n) is 18.0. The molecule has 0 spiro atoms. The summed E-state index contributed by atoms with van der Waals surface area (Å²) in [5.41, 5.74) is 2.44. The molecule has 0 saturated carbocycles. The number of aromatic hydroxyl groups is 1. The summed E-state index contributed by atoms with van der Waals surface area (Å²) >= 11 is 0. The van der Waals surface area contributed by atoms with Crippen molar-refractivity contribution in [2.45, 2.75) is 57.7 Å². The van der Waals surface area contributed by atoms with Gasteiger partial charge in [0.15, 0.2) is 0 Å². The number of H-pyrrole nitrogens is 1. The lowest BCUT2D eigenvalue weighted by Crippen LogP contribution is -2.62. The van der Waals surface area contributed by atoms with Crippen LogP contribution in [0.4, 0.5) is 5.95 Å². The molecule has 4 rings (SSSR count). The normalized spacial score (nSPS) is 18.3. The van der Waals surface area contributed by atoms with Crippen LogP contribution in [0.1, 0.15) is 40.5 Å². The Morgan fingerprint density at radius 3 is 2.30 bits per heavy atom. The third-order valence-electron chi connectivity index (χ3n) is 5.52. The molecule has 1 aliphatic heterocycles. The Bertz CT molecular complexity index is 998. The highest BCUT2D eigenvalue weighted by Gasteiger charge is 2.39. The van der Waals surface area contributed by atoms with Crippen LogP contribution in [0.15, 0.2) is 30.9 Å². The Labute approximate surface area is 176 Å². The molecule has 3 aromatic rings. The van der Waals surface area contributed by atoms with E-state index in [4.69, 9.17) is 0 Å². The Balaban J connectivity index is 1.54. The first kappa shape index (κ1) is 20.2. The van der Waals surface area contributed by atoms with Gasteiger partial charge in [0.1, 0.15) is 17.1 Å². The van der Waals surface area contributed by atoms with E-state index >= 15 is 0 Å². The molecule has 0 aliphatic carbocycles. The lowest BCUT2D eigenvalue weighted by molar-refractivity contribution is 0.160. The van der Waals surface area contributed by atoms with Gasteiger partial charge in [0.25, 0.3) is 0 Å². The smallest absolute Gasteiger partial charge is 0.245 e. The maximum Gasteiger partial charge on any atom is 0.245 e. The molecule has 4 heterocycles. The third-order valence-corrected chi connectivity index (χ3v) is 5.52. The standard InChI is InChI=1S/C21H28N8O/c1-20(2)7-15(8-21(3,4)28-20)29(5)19-23-12-16(26-27-19)18-17(30)6-13(9-22-18)14-10-24-25-11-14/h6,9-12,15,28,30H,7-8H2,1-5H3,(H,24,25). The van der Waals surface area contributed by atoms with Gasteiger partial charge in [-0.05, 0) is 46.6 Å².